The molecule has 0 aliphatic heterocycles. The fourth-order valence-electron chi connectivity index (χ4n) is 7.59. The number of benzene rings is 1. The van der Waals surface area contributed by atoms with Crippen molar-refractivity contribution in [2.24, 2.45) is 11.8 Å². The second-order valence-corrected chi connectivity index (χ2v) is 14.2. The Bertz CT molecular complexity index is 1560. The highest BCUT2D eigenvalue weighted by molar-refractivity contribution is 5.86. The number of aromatic nitrogens is 5. The highest BCUT2D eigenvalue weighted by Gasteiger charge is 2.46. The van der Waals surface area contributed by atoms with Gasteiger partial charge < -0.3 is 25.5 Å². The highest BCUT2D eigenvalue weighted by atomic mass is 16.3. The molecular formula is C33H45N7O2. The number of aryl methyl sites for hydroxylation is 1. The lowest BCUT2D eigenvalue weighted by atomic mass is 9.74. The van der Waals surface area contributed by atoms with Crippen molar-refractivity contribution in [2.75, 3.05) is 12.3 Å². The molecule has 3 aliphatic rings. The van der Waals surface area contributed by atoms with Crippen LogP contribution < -0.4 is 5.73 Å². The van der Waals surface area contributed by atoms with Crippen LogP contribution in [0.2, 0.25) is 0 Å². The van der Waals surface area contributed by atoms with E-state index >= 15 is 0 Å². The summed E-state index contributed by atoms with van der Waals surface area (Å²) in [5.74, 6) is 2.26. The standard InChI is InChI=1S/C33H45N7O2/c1-33(2,3)21-8-9-25-26(16-21)38-28(37-25)10-7-19-13-23(14-19)40(22-5-4-6-22)17-20-15-27(30(42)29(20)41)39-12-11-24-31(34)35-18-36-32(24)39/h8-9,11-12,16,18-20,22-23,27,29-30,41-42H,4-7,10,13-15,17H2,1-3H3,(H,37,38)(H2,34,35,36)/t19-,20-,23-,27-,29-,30+/m1/s1. The zero-order chi connectivity index (χ0) is 29.2. The number of imidazole rings is 1. The Hall–Kier alpha value is -3.01. The average Bonchev–Trinajstić information content (AvgIpc) is 3.58. The van der Waals surface area contributed by atoms with Crippen LogP contribution in [-0.2, 0) is 11.8 Å². The molecule has 3 aliphatic carbocycles. The minimum atomic E-state index is -0.831. The Morgan fingerprint density at radius 2 is 1.86 bits per heavy atom. The maximum absolute atomic E-state index is 11.2. The molecule has 9 nitrogen and oxygen atoms in total. The van der Waals surface area contributed by atoms with E-state index in [1.165, 1.54) is 44.0 Å². The molecule has 0 radical (unpaired) electrons. The number of aromatic amines is 1. The van der Waals surface area contributed by atoms with E-state index in [4.69, 9.17) is 10.7 Å². The summed E-state index contributed by atoms with van der Waals surface area (Å²) >= 11 is 0. The molecular weight excluding hydrogens is 526 g/mol. The zero-order valence-corrected chi connectivity index (χ0v) is 25.1. The summed E-state index contributed by atoms with van der Waals surface area (Å²) in [5, 5.41) is 23.1. The van der Waals surface area contributed by atoms with Gasteiger partial charge in [-0.15, -0.1) is 0 Å². The van der Waals surface area contributed by atoms with Crippen LogP contribution in [0.25, 0.3) is 22.1 Å². The van der Waals surface area contributed by atoms with Crippen molar-refractivity contribution < 1.29 is 10.2 Å². The summed E-state index contributed by atoms with van der Waals surface area (Å²) in [5.41, 5.74) is 10.4. The van der Waals surface area contributed by atoms with Crippen molar-refractivity contribution in [3.05, 3.63) is 48.2 Å². The van der Waals surface area contributed by atoms with E-state index in [9.17, 15) is 10.2 Å². The van der Waals surface area contributed by atoms with Gasteiger partial charge in [0.1, 0.15) is 29.7 Å². The van der Waals surface area contributed by atoms with Crippen molar-refractivity contribution in [1.29, 1.82) is 0 Å². The molecule has 4 aromatic rings. The molecule has 3 aromatic heterocycles. The Kier molecular flexibility index (Phi) is 7.02. The monoisotopic (exact) mass is 571 g/mol. The molecule has 0 spiro atoms. The molecule has 224 valence electrons. The second-order valence-electron chi connectivity index (χ2n) is 14.2. The third kappa shape index (κ3) is 4.99. The van der Waals surface area contributed by atoms with Gasteiger partial charge >= 0.3 is 0 Å². The Labute approximate surface area is 247 Å². The van der Waals surface area contributed by atoms with E-state index in [0.29, 0.717) is 23.8 Å². The van der Waals surface area contributed by atoms with Crippen LogP contribution in [0.15, 0.2) is 36.8 Å². The average molecular weight is 572 g/mol. The summed E-state index contributed by atoms with van der Waals surface area (Å²) < 4.78 is 1.98. The van der Waals surface area contributed by atoms with Crippen molar-refractivity contribution >= 4 is 27.9 Å². The summed E-state index contributed by atoms with van der Waals surface area (Å²) in [6.07, 6.45) is 10.8. The number of rotatable bonds is 8. The zero-order valence-electron chi connectivity index (χ0n) is 25.1. The molecule has 0 amide bonds. The van der Waals surface area contributed by atoms with Crippen molar-refractivity contribution in [2.45, 2.75) is 108 Å². The molecule has 4 atom stereocenters. The lowest BCUT2D eigenvalue weighted by Crippen LogP contribution is -2.54. The van der Waals surface area contributed by atoms with Gasteiger partial charge in [-0.1, -0.05) is 33.3 Å². The maximum Gasteiger partial charge on any atom is 0.145 e. The lowest BCUT2D eigenvalue weighted by Gasteiger charge is -2.50. The third-order valence-electron chi connectivity index (χ3n) is 10.5. The van der Waals surface area contributed by atoms with Crippen molar-refractivity contribution in [3.63, 3.8) is 0 Å². The SMILES string of the molecule is CC(C)(C)c1ccc2[nH]c(CC[C@H]3C[C@H](N(C[C@H]4C[C@@H](n5ccc6c(N)ncnc65)[C@H](O)[C@@H]4O)C4CCC4)C3)nc2c1. The first-order chi connectivity index (χ1) is 20.2. The number of nitrogens with one attached hydrogen (secondary N) is 1. The lowest BCUT2D eigenvalue weighted by molar-refractivity contribution is -0.0338. The number of aliphatic hydroxyl groups is 2. The molecule has 42 heavy (non-hydrogen) atoms. The normalized spacial score (nSPS) is 28.5. The van der Waals surface area contributed by atoms with Gasteiger partial charge in [0.25, 0.3) is 0 Å². The molecule has 3 heterocycles. The molecule has 7 rings (SSSR count). The molecule has 3 fully saturated rings. The van der Waals surface area contributed by atoms with Crippen LogP contribution in [-0.4, -0.2) is 70.5 Å². The van der Waals surface area contributed by atoms with Crippen molar-refractivity contribution in [1.82, 2.24) is 29.4 Å². The van der Waals surface area contributed by atoms with Gasteiger partial charge in [-0.3, -0.25) is 4.90 Å². The molecule has 9 heteroatoms. The van der Waals surface area contributed by atoms with Gasteiger partial charge in [0.2, 0.25) is 0 Å². The number of nitrogens with two attached hydrogens (primary N) is 1. The first kappa shape index (κ1) is 27.8. The summed E-state index contributed by atoms with van der Waals surface area (Å²) in [6.45, 7) is 7.56. The topological polar surface area (TPSA) is 129 Å². The molecule has 0 saturated heterocycles. The van der Waals surface area contributed by atoms with E-state index in [-0.39, 0.29) is 17.4 Å². The van der Waals surface area contributed by atoms with Crippen LogP contribution in [0.3, 0.4) is 0 Å². The van der Waals surface area contributed by atoms with Crippen molar-refractivity contribution in [3.8, 4) is 0 Å². The number of H-pyrrole nitrogens is 1. The van der Waals surface area contributed by atoms with E-state index in [0.717, 1.165) is 53.7 Å². The van der Waals surface area contributed by atoms with Crippen LogP contribution >= 0.6 is 0 Å². The second kappa shape index (κ2) is 10.6. The van der Waals surface area contributed by atoms with E-state index < -0.39 is 12.2 Å². The summed E-state index contributed by atoms with van der Waals surface area (Å²) in [6, 6.07) is 9.46. The van der Waals surface area contributed by atoms with Crippen LogP contribution in [0.4, 0.5) is 5.82 Å². The number of aliphatic hydroxyl groups excluding tert-OH is 2. The summed E-state index contributed by atoms with van der Waals surface area (Å²) in [4.78, 5) is 19.7. The van der Waals surface area contributed by atoms with E-state index in [2.05, 4.69) is 58.8 Å². The number of fused-ring (bicyclic) bond motifs is 2. The predicted molar refractivity (Wildman–Crippen MR) is 165 cm³/mol. The molecule has 3 saturated carbocycles. The van der Waals surface area contributed by atoms with Gasteiger partial charge in [0.05, 0.1) is 28.6 Å². The number of hydrogen-bond donors (Lipinski definition) is 4. The maximum atomic E-state index is 11.2. The Morgan fingerprint density at radius 1 is 1.05 bits per heavy atom. The Balaban J connectivity index is 0.977. The highest BCUT2D eigenvalue weighted by Crippen LogP contribution is 2.43. The first-order valence-electron chi connectivity index (χ1n) is 15.8. The van der Waals surface area contributed by atoms with Gasteiger partial charge in [-0.25, -0.2) is 15.0 Å². The fraction of sp³-hybridized carbons (Fsp3) is 0.606. The van der Waals surface area contributed by atoms with Crippen LogP contribution in [0, 0.1) is 11.8 Å². The van der Waals surface area contributed by atoms with Crippen LogP contribution in [0.5, 0.6) is 0 Å². The van der Waals surface area contributed by atoms with Gasteiger partial charge in [-0.2, -0.15) is 0 Å². The van der Waals surface area contributed by atoms with Gasteiger partial charge in [0, 0.05) is 37.2 Å². The Morgan fingerprint density at radius 3 is 2.60 bits per heavy atom. The first-order valence-corrected chi connectivity index (χ1v) is 15.8. The minimum Gasteiger partial charge on any atom is -0.390 e. The van der Waals surface area contributed by atoms with Crippen LogP contribution in [0.1, 0.15) is 83.1 Å². The minimum absolute atomic E-state index is 0.0230. The smallest absolute Gasteiger partial charge is 0.145 e. The molecule has 1 aromatic carbocycles. The fourth-order valence-corrected chi connectivity index (χ4v) is 7.59. The number of nitrogen functional groups attached to an aromatic ring is 1. The number of anilines is 1. The van der Waals surface area contributed by atoms with Gasteiger partial charge in [-0.05, 0) is 73.6 Å². The molecule has 0 unspecified atom stereocenters. The van der Waals surface area contributed by atoms with Gasteiger partial charge in [0.15, 0.2) is 0 Å². The number of hydrogen-bond acceptors (Lipinski definition) is 7. The number of nitrogens with zero attached hydrogens (tertiary/aromatic N) is 5. The largest absolute Gasteiger partial charge is 0.390 e. The molecule has 5 N–H and O–H groups in total. The quantitative estimate of drug-likeness (QED) is 0.241. The third-order valence-corrected chi connectivity index (χ3v) is 10.5. The summed E-state index contributed by atoms with van der Waals surface area (Å²) in [7, 11) is 0. The van der Waals surface area contributed by atoms with E-state index in [1.807, 2.05) is 16.8 Å². The van der Waals surface area contributed by atoms with E-state index in [1.54, 1.807) is 0 Å². The predicted octanol–water partition coefficient (Wildman–Crippen LogP) is 4.74. The molecule has 0 bridgehead atoms.